The minimum atomic E-state index is 0.0449. The lowest BCUT2D eigenvalue weighted by Crippen LogP contribution is -2.10. The Hall–Kier alpha value is -2.77. The molecule has 2 aromatic rings. The van der Waals surface area contributed by atoms with E-state index in [1.807, 2.05) is 0 Å². The average Bonchev–Trinajstić information content (AvgIpc) is 2.75. The van der Waals surface area contributed by atoms with Gasteiger partial charge in [0.25, 0.3) is 5.95 Å². The summed E-state index contributed by atoms with van der Waals surface area (Å²) in [5.74, 6) is 6.24. The second kappa shape index (κ2) is 5.04. The molecule has 0 atom stereocenters. The smallest absolute Gasteiger partial charge is 0.263 e. The maximum atomic E-state index is 9.57. The van der Waals surface area contributed by atoms with Crippen LogP contribution in [0.15, 0.2) is 29.6 Å². The number of hydrogen-bond acceptors (Lipinski definition) is 7. The van der Waals surface area contributed by atoms with Gasteiger partial charge in [0.05, 0.1) is 13.3 Å². The van der Waals surface area contributed by atoms with Crippen LogP contribution in [0.25, 0.3) is 0 Å². The molecular weight excluding hydrogens is 236 g/mol. The topological polar surface area (TPSA) is 111 Å². The summed E-state index contributed by atoms with van der Waals surface area (Å²) in [6.07, 6.45) is 2.85. The molecule has 0 aliphatic rings. The van der Waals surface area contributed by atoms with Gasteiger partial charge in [-0.25, -0.2) is 10.1 Å². The third-order valence-corrected chi connectivity index (χ3v) is 2.15. The highest BCUT2D eigenvalue weighted by molar-refractivity contribution is 5.81. The Labute approximate surface area is 103 Å². The van der Waals surface area contributed by atoms with Gasteiger partial charge < -0.3 is 15.7 Å². The van der Waals surface area contributed by atoms with E-state index in [0.29, 0.717) is 17.3 Å². The van der Waals surface area contributed by atoms with Crippen LogP contribution in [0.5, 0.6) is 11.5 Å². The molecule has 2 rings (SSSR count). The van der Waals surface area contributed by atoms with Gasteiger partial charge in [-0.3, -0.25) is 0 Å². The van der Waals surface area contributed by atoms with E-state index in [2.05, 4.69) is 20.7 Å². The molecule has 0 radical (unpaired) electrons. The Bertz CT molecular complexity index is 565. The monoisotopic (exact) mass is 248 g/mol. The molecule has 8 heteroatoms. The van der Waals surface area contributed by atoms with Gasteiger partial charge in [-0.1, -0.05) is 0 Å². The number of hydrogen-bond donors (Lipinski definition) is 3. The van der Waals surface area contributed by atoms with Crippen molar-refractivity contribution in [2.45, 2.75) is 0 Å². The van der Waals surface area contributed by atoms with Crippen LogP contribution in [-0.4, -0.2) is 33.3 Å². The van der Waals surface area contributed by atoms with Gasteiger partial charge in [0, 0.05) is 0 Å². The molecule has 0 aliphatic heterocycles. The van der Waals surface area contributed by atoms with Crippen molar-refractivity contribution in [3.8, 4) is 11.5 Å². The van der Waals surface area contributed by atoms with E-state index in [4.69, 9.17) is 10.6 Å². The molecule has 94 valence electrons. The molecule has 0 amide bonds. The van der Waals surface area contributed by atoms with Crippen LogP contribution >= 0.6 is 0 Å². The van der Waals surface area contributed by atoms with Crippen molar-refractivity contribution in [3.05, 3.63) is 30.1 Å². The number of nitrogens with one attached hydrogen (secondary N) is 1. The van der Waals surface area contributed by atoms with E-state index >= 15 is 0 Å². The number of hydrazone groups is 1. The van der Waals surface area contributed by atoms with Crippen molar-refractivity contribution in [1.29, 1.82) is 0 Å². The number of phenolic OH excluding ortho intramolecular Hbond substituents is 1. The minimum Gasteiger partial charge on any atom is -0.504 e. The van der Waals surface area contributed by atoms with Crippen molar-refractivity contribution < 1.29 is 9.84 Å². The molecule has 0 saturated carbocycles. The Morgan fingerprint density at radius 3 is 3.00 bits per heavy atom. The number of aromatic hydroxyl groups is 1. The standard InChI is InChI=1S/C10H12N6O2/c1-18-9-3-2-7(4-8(9)17)5-12-14-10-15-13-6-16(10)11/h2-6,17H,11H2,1H3,(H,14,15)/b12-5+. The van der Waals surface area contributed by atoms with Crippen LogP contribution in [0.3, 0.4) is 0 Å². The van der Waals surface area contributed by atoms with E-state index in [-0.39, 0.29) is 5.75 Å². The molecule has 4 N–H and O–H groups in total. The number of aromatic nitrogens is 3. The molecule has 0 bridgehead atoms. The summed E-state index contributed by atoms with van der Waals surface area (Å²) in [6.45, 7) is 0. The fourth-order valence-electron chi connectivity index (χ4n) is 1.27. The van der Waals surface area contributed by atoms with Crippen LogP contribution in [-0.2, 0) is 0 Å². The molecule has 18 heavy (non-hydrogen) atoms. The Balaban J connectivity index is 2.05. The lowest BCUT2D eigenvalue weighted by atomic mass is 10.2. The Morgan fingerprint density at radius 2 is 2.39 bits per heavy atom. The van der Waals surface area contributed by atoms with Crippen molar-refractivity contribution in [3.63, 3.8) is 0 Å². The van der Waals surface area contributed by atoms with Gasteiger partial charge in [-0.2, -0.15) is 5.10 Å². The van der Waals surface area contributed by atoms with E-state index in [1.54, 1.807) is 12.1 Å². The van der Waals surface area contributed by atoms with E-state index < -0.39 is 0 Å². The molecule has 0 unspecified atom stereocenters. The predicted octanol–water partition coefficient (Wildman–Crippen LogP) is 0.152. The Kier molecular flexibility index (Phi) is 3.28. The van der Waals surface area contributed by atoms with Crippen molar-refractivity contribution >= 4 is 12.2 Å². The van der Waals surface area contributed by atoms with E-state index in [1.165, 1.54) is 30.4 Å². The highest BCUT2D eigenvalue weighted by Gasteiger charge is 2.01. The number of ether oxygens (including phenoxy) is 1. The van der Waals surface area contributed by atoms with E-state index in [0.717, 1.165) is 0 Å². The highest BCUT2D eigenvalue weighted by atomic mass is 16.5. The van der Waals surface area contributed by atoms with Crippen LogP contribution < -0.4 is 16.0 Å². The zero-order valence-electron chi connectivity index (χ0n) is 9.61. The first-order valence-corrected chi connectivity index (χ1v) is 5.02. The largest absolute Gasteiger partial charge is 0.504 e. The van der Waals surface area contributed by atoms with Crippen LogP contribution in [0, 0.1) is 0 Å². The van der Waals surface area contributed by atoms with Crippen molar-refractivity contribution in [1.82, 2.24) is 14.9 Å². The number of rotatable bonds is 4. The normalized spacial score (nSPS) is 10.7. The van der Waals surface area contributed by atoms with Gasteiger partial charge in [0.1, 0.15) is 6.33 Å². The summed E-state index contributed by atoms with van der Waals surface area (Å²) in [5, 5.41) is 20.7. The first-order chi connectivity index (χ1) is 8.70. The molecular formula is C10H12N6O2. The summed E-state index contributed by atoms with van der Waals surface area (Å²) < 4.78 is 6.13. The Morgan fingerprint density at radius 1 is 1.56 bits per heavy atom. The number of anilines is 1. The summed E-state index contributed by atoms with van der Waals surface area (Å²) in [4.78, 5) is 0. The fraction of sp³-hybridized carbons (Fsp3) is 0.100. The molecule has 0 saturated heterocycles. The number of phenols is 1. The molecule has 1 aromatic heterocycles. The van der Waals surface area contributed by atoms with Crippen molar-refractivity contribution in [2.24, 2.45) is 5.10 Å². The third-order valence-electron chi connectivity index (χ3n) is 2.15. The lowest BCUT2D eigenvalue weighted by molar-refractivity contribution is 0.373. The summed E-state index contributed by atoms with van der Waals surface area (Å²) >= 11 is 0. The second-order valence-corrected chi connectivity index (χ2v) is 3.36. The first-order valence-electron chi connectivity index (χ1n) is 5.02. The molecule has 0 aliphatic carbocycles. The predicted molar refractivity (Wildman–Crippen MR) is 66.0 cm³/mol. The number of benzene rings is 1. The molecule has 8 nitrogen and oxygen atoms in total. The number of nitrogens with zero attached hydrogens (tertiary/aromatic N) is 4. The zero-order valence-corrected chi connectivity index (χ0v) is 9.61. The summed E-state index contributed by atoms with van der Waals surface area (Å²) in [6, 6.07) is 4.91. The highest BCUT2D eigenvalue weighted by Crippen LogP contribution is 2.25. The second-order valence-electron chi connectivity index (χ2n) is 3.36. The maximum absolute atomic E-state index is 9.57. The van der Waals surface area contributed by atoms with E-state index in [9.17, 15) is 5.11 Å². The minimum absolute atomic E-state index is 0.0449. The number of methoxy groups -OCH3 is 1. The van der Waals surface area contributed by atoms with Gasteiger partial charge in [0.2, 0.25) is 0 Å². The lowest BCUT2D eigenvalue weighted by Gasteiger charge is -2.03. The fourth-order valence-corrected chi connectivity index (χ4v) is 1.27. The van der Waals surface area contributed by atoms with Crippen LogP contribution in [0.2, 0.25) is 0 Å². The molecule has 1 aromatic carbocycles. The summed E-state index contributed by atoms with van der Waals surface area (Å²) in [7, 11) is 1.48. The number of nitrogen functional groups attached to an aromatic ring is 1. The number of nitrogens with two attached hydrogens (primary N) is 1. The third kappa shape index (κ3) is 2.48. The van der Waals surface area contributed by atoms with Gasteiger partial charge in [-0.15, -0.1) is 10.2 Å². The SMILES string of the molecule is COc1ccc(/C=N/Nc2nncn2N)cc1O. The quantitative estimate of drug-likeness (QED) is 0.403. The van der Waals surface area contributed by atoms with Gasteiger partial charge in [0.15, 0.2) is 11.5 Å². The molecule has 0 fully saturated rings. The maximum Gasteiger partial charge on any atom is 0.263 e. The zero-order chi connectivity index (χ0) is 13.0. The summed E-state index contributed by atoms with van der Waals surface area (Å²) in [5.41, 5.74) is 3.31. The van der Waals surface area contributed by atoms with Crippen molar-refractivity contribution in [2.75, 3.05) is 18.4 Å². The molecule has 1 heterocycles. The van der Waals surface area contributed by atoms with Gasteiger partial charge in [-0.05, 0) is 23.8 Å². The average molecular weight is 248 g/mol. The first kappa shape index (κ1) is 11.7. The molecule has 0 spiro atoms. The van der Waals surface area contributed by atoms with Gasteiger partial charge >= 0.3 is 0 Å². The van der Waals surface area contributed by atoms with Crippen LogP contribution in [0.1, 0.15) is 5.56 Å². The van der Waals surface area contributed by atoms with Crippen LogP contribution in [0.4, 0.5) is 5.95 Å².